The van der Waals surface area contributed by atoms with Gasteiger partial charge in [0, 0.05) is 16.5 Å². The van der Waals surface area contributed by atoms with Crippen molar-refractivity contribution in [2.24, 2.45) is 0 Å². The number of hydrogen-bond donors (Lipinski definition) is 0. The number of nitrogens with zero attached hydrogens (tertiary/aromatic N) is 1. The van der Waals surface area contributed by atoms with E-state index in [-0.39, 0.29) is 0 Å². The lowest BCUT2D eigenvalue weighted by atomic mass is 10.2. The van der Waals surface area contributed by atoms with E-state index >= 15 is 0 Å². The summed E-state index contributed by atoms with van der Waals surface area (Å²) in [6.45, 7) is 0. The molecule has 0 saturated carbocycles. The summed E-state index contributed by atoms with van der Waals surface area (Å²) in [5, 5.41) is 4.10. The number of thiazole rings is 1. The zero-order valence-electron chi connectivity index (χ0n) is 9.73. The molecular weight excluding hydrogens is 297 g/mol. The van der Waals surface area contributed by atoms with Crippen LogP contribution in [0.25, 0.3) is 21.8 Å². The van der Waals surface area contributed by atoms with Gasteiger partial charge < -0.3 is 0 Å². The molecule has 93 valence electrons. The van der Waals surface area contributed by atoms with Gasteiger partial charge >= 0.3 is 0 Å². The van der Waals surface area contributed by atoms with Crippen LogP contribution >= 0.6 is 34.5 Å². The van der Waals surface area contributed by atoms with Crippen LogP contribution < -0.4 is 0 Å². The summed E-state index contributed by atoms with van der Waals surface area (Å²) < 4.78 is 0. The van der Waals surface area contributed by atoms with E-state index in [9.17, 15) is 0 Å². The molecule has 3 aromatic rings. The molecule has 4 heteroatoms. The lowest BCUT2D eigenvalue weighted by Crippen LogP contribution is -1.80. The first-order chi connectivity index (χ1) is 9.24. The van der Waals surface area contributed by atoms with Crippen molar-refractivity contribution in [3.63, 3.8) is 0 Å². The van der Waals surface area contributed by atoms with E-state index in [0.29, 0.717) is 10.0 Å². The van der Waals surface area contributed by atoms with Crippen LogP contribution in [0, 0.1) is 6.07 Å². The summed E-state index contributed by atoms with van der Waals surface area (Å²) in [5.74, 6) is 0. The highest BCUT2D eigenvalue weighted by molar-refractivity contribution is 7.13. The monoisotopic (exact) mass is 304 g/mol. The minimum Gasteiger partial charge on any atom is -0.236 e. The number of halogens is 2. The van der Waals surface area contributed by atoms with Crippen LogP contribution in [-0.2, 0) is 0 Å². The molecule has 0 atom stereocenters. The smallest absolute Gasteiger partial charge is 0.124 e. The van der Waals surface area contributed by atoms with Crippen molar-refractivity contribution in [1.82, 2.24) is 4.98 Å². The van der Waals surface area contributed by atoms with Crippen LogP contribution in [0.3, 0.4) is 0 Å². The molecule has 0 spiro atoms. The van der Waals surface area contributed by atoms with Crippen LogP contribution in [0.15, 0.2) is 47.8 Å². The predicted molar refractivity (Wildman–Crippen MR) is 81.8 cm³/mol. The maximum atomic E-state index is 6.03. The summed E-state index contributed by atoms with van der Waals surface area (Å²) in [5.41, 5.74) is 2.97. The molecule has 19 heavy (non-hydrogen) atoms. The minimum atomic E-state index is 0.544. The number of rotatable bonds is 2. The van der Waals surface area contributed by atoms with Gasteiger partial charge in [-0.15, -0.1) is 11.3 Å². The van der Waals surface area contributed by atoms with Crippen LogP contribution in [0.2, 0.25) is 10.0 Å². The lowest BCUT2D eigenvalue weighted by molar-refractivity contribution is 1.40. The Morgan fingerprint density at radius 3 is 2.47 bits per heavy atom. The highest BCUT2D eigenvalue weighted by atomic mass is 35.5. The molecule has 0 bridgehead atoms. The number of benzene rings is 2. The molecule has 0 saturated heterocycles. The molecule has 1 aromatic heterocycles. The first-order valence-electron chi connectivity index (χ1n) is 5.61. The maximum absolute atomic E-state index is 6.03. The van der Waals surface area contributed by atoms with Gasteiger partial charge in [-0.05, 0) is 18.2 Å². The molecule has 0 aliphatic carbocycles. The molecule has 0 fully saturated rings. The van der Waals surface area contributed by atoms with Gasteiger partial charge in [0.2, 0.25) is 0 Å². The Morgan fingerprint density at radius 2 is 1.74 bits per heavy atom. The summed E-state index contributed by atoms with van der Waals surface area (Å²) in [4.78, 5) is 4.62. The Bertz CT molecular complexity index is 707. The zero-order valence-corrected chi connectivity index (χ0v) is 12.1. The Morgan fingerprint density at radius 1 is 0.947 bits per heavy atom. The second-order valence-electron chi connectivity index (χ2n) is 3.96. The molecule has 0 aliphatic rings. The fourth-order valence-electron chi connectivity index (χ4n) is 1.72. The average Bonchev–Trinajstić information content (AvgIpc) is 2.93. The third kappa shape index (κ3) is 2.66. The third-order valence-electron chi connectivity index (χ3n) is 2.68. The van der Waals surface area contributed by atoms with Crippen LogP contribution in [-0.4, -0.2) is 4.98 Å². The highest BCUT2D eigenvalue weighted by Gasteiger charge is 2.07. The Balaban J connectivity index is 1.99. The first-order valence-corrected chi connectivity index (χ1v) is 7.25. The summed E-state index contributed by atoms with van der Waals surface area (Å²) >= 11 is 13.5. The fourth-order valence-corrected chi connectivity index (χ4v) is 2.86. The SMILES string of the molecule is Clc1ccc(-c2csc(-c3cc[c]cc3)n2)cc1Cl. The standard InChI is InChI=1S/C15H8Cl2NS/c16-12-7-6-11(8-13(12)17)14-9-19-15(18-14)10-4-2-1-3-5-10/h2-9H. The third-order valence-corrected chi connectivity index (χ3v) is 4.32. The normalized spacial score (nSPS) is 10.6. The molecule has 3 rings (SSSR count). The van der Waals surface area contributed by atoms with Gasteiger partial charge in [-0.25, -0.2) is 4.98 Å². The van der Waals surface area contributed by atoms with E-state index in [1.54, 1.807) is 17.4 Å². The summed E-state index contributed by atoms with van der Waals surface area (Å²) in [7, 11) is 0. The van der Waals surface area contributed by atoms with Gasteiger partial charge in [0.15, 0.2) is 0 Å². The van der Waals surface area contributed by atoms with Crippen LogP contribution in [0.4, 0.5) is 0 Å². The van der Waals surface area contributed by atoms with Crippen molar-refractivity contribution in [2.45, 2.75) is 0 Å². The van der Waals surface area contributed by atoms with E-state index in [1.807, 2.05) is 41.8 Å². The fraction of sp³-hybridized carbons (Fsp3) is 0. The minimum absolute atomic E-state index is 0.544. The molecule has 1 heterocycles. The van der Waals surface area contributed by atoms with Crippen molar-refractivity contribution >= 4 is 34.5 Å². The van der Waals surface area contributed by atoms with Crippen molar-refractivity contribution < 1.29 is 0 Å². The van der Waals surface area contributed by atoms with Crippen LogP contribution in [0.1, 0.15) is 0 Å². The van der Waals surface area contributed by atoms with Crippen molar-refractivity contribution in [2.75, 3.05) is 0 Å². The lowest BCUT2D eigenvalue weighted by Gasteiger charge is -1.99. The maximum Gasteiger partial charge on any atom is 0.124 e. The van der Waals surface area contributed by atoms with Gasteiger partial charge in [0.05, 0.1) is 15.7 Å². The van der Waals surface area contributed by atoms with Gasteiger partial charge in [0.25, 0.3) is 0 Å². The van der Waals surface area contributed by atoms with Gasteiger partial charge in [-0.2, -0.15) is 0 Å². The second-order valence-corrected chi connectivity index (χ2v) is 5.63. The van der Waals surface area contributed by atoms with E-state index in [2.05, 4.69) is 11.1 Å². The quantitative estimate of drug-likeness (QED) is 0.602. The van der Waals surface area contributed by atoms with Crippen molar-refractivity contribution in [3.8, 4) is 21.8 Å². The predicted octanol–water partition coefficient (Wildman–Crippen LogP) is 5.58. The molecule has 1 radical (unpaired) electrons. The highest BCUT2D eigenvalue weighted by Crippen LogP contribution is 2.32. The Labute approximate surface area is 125 Å². The number of hydrogen-bond acceptors (Lipinski definition) is 2. The first kappa shape index (κ1) is 12.7. The molecule has 0 amide bonds. The topological polar surface area (TPSA) is 12.9 Å². The van der Waals surface area contributed by atoms with E-state index in [4.69, 9.17) is 23.2 Å². The van der Waals surface area contributed by atoms with Crippen molar-refractivity contribution in [1.29, 1.82) is 0 Å². The molecule has 2 aromatic carbocycles. The van der Waals surface area contributed by atoms with Gasteiger partial charge in [0.1, 0.15) is 5.01 Å². The van der Waals surface area contributed by atoms with Gasteiger partial charge in [-0.1, -0.05) is 53.5 Å². The van der Waals surface area contributed by atoms with Crippen molar-refractivity contribution in [3.05, 3.63) is 64.0 Å². The summed E-state index contributed by atoms with van der Waals surface area (Å²) in [6.07, 6.45) is 0. The average molecular weight is 305 g/mol. The molecule has 0 N–H and O–H groups in total. The molecule has 0 aliphatic heterocycles. The zero-order chi connectivity index (χ0) is 13.2. The van der Waals surface area contributed by atoms with E-state index < -0.39 is 0 Å². The Kier molecular flexibility index (Phi) is 3.56. The molecule has 0 unspecified atom stereocenters. The van der Waals surface area contributed by atoms with E-state index in [0.717, 1.165) is 21.8 Å². The number of aromatic nitrogens is 1. The molecule has 1 nitrogen and oxygen atoms in total. The van der Waals surface area contributed by atoms with E-state index in [1.165, 1.54) is 0 Å². The largest absolute Gasteiger partial charge is 0.236 e. The van der Waals surface area contributed by atoms with Gasteiger partial charge in [-0.3, -0.25) is 0 Å². The second kappa shape index (κ2) is 5.33. The Hall–Kier alpha value is -1.35. The van der Waals surface area contributed by atoms with Crippen LogP contribution in [0.5, 0.6) is 0 Å². The molecular formula is C15H8Cl2NS. The summed E-state index contributed by atoms with van der Waals surface area (Å²) in [6, 6.07) is 16.3.